The lowest BCUT2D eigenvalue weighted by atomic mass is 9.98. The van der Waals surface area contributed by atoms with Crippen molar-refractivity contribution in [1.82, 2.24) is 0 Å². The van der Waals surface area contributed by atoms with Gasteiger partial charge in [0.2, 0.25) is 8.32 Å². The van der Waals surface area contributed by atoms with E-state index in [4.69, 9.17) is 13.9 Å². The maximum atomic E-state index is 12.2. The molecule has 0 radical (unpaired) electrons. The molecule has 1 aliphatic heterocycles. The van der Waals surface area contributed by atoms with Gasteiger partial charge in [0.15, 0.2) is 0 Å². The van der Waals surface area contributed by atoms with Crippen molar-refractivity contribution in [2.24, 2.45) is 5.92 Å². The Bertz CT molecular complexity index is 730. The summed E-state index contributed by atoms with van der Waals surface area (Å²) < 4.78 is 17.3. The van der Waals surface area contributed by atoms with E-state index < -0.39 is 8.32 Å². The molecule has 1 aromatic rings. The smallest absolute Gasteiger partial charge is 0.306 e. The van der Waals surface area contributed by atoms with Crippen LogP contribution >= 0.6 is 0 Å². The van der Waals surface area contributed by atoms with Gasteiger partial charge >= 0.3 is 5.97 Å². The highest BCUT2D eigenvalue weighted by Crippen LogP contribution is 2.47. The predicted octanol–water partition coefficient (Wildman–Crippen LogP) is 5.28. The van der Waals surface area contributed by atoms with Crippen LogP contribution in [0.15, 0.2) is 35.9 Å². The van der Waals surface area contributed by atoms with Gasteiger partial charge in [-0.05, 0) is 60.7 Å². The minimum Gasteiger partial charge on any atom is -0.544 e. The molecule has 1 saturated carbocycles. The van der Waals surface area contributed by atoms with E-state index in [1.54, 1.807) is 0 Å². The summed E-state index contributed by atoms with van der Waals surface area (Å²) in [6.07, 6.45) is 4.86. The second-order valence-electron chi connectivity index (χ2n) is 9.50. The zero-order chi connectivity index (χ0) is 20.5. The molecule has 2 aliphatic rings. The highest BCUT2D eigenvalue weighted by Gasteiger charge is 2.51. The molecule has 1 aromatic carbocycles. The first-order valence-electron chi connectivity index (χ1n) is 10.4. The molecule has 154 valence electrons. The molecular weight excluding hydrogens is 368 g/mol. The number of carbonyl (C=O) groups is 1. The first-order valence-corrected chi connectivity index (χ1v) is 13.3. The number of ether oxygens (including phenoxy) is 2. The third kappa shape index (κ3) is 4.87. The van der Waals surface area contributed by atoms with Crippen LogP contribution in [-0.2, 0) is 20.7 Å². The van der Waals surface area contributed by atoms with E-state index in [0.717, 1.165) is 24.2 Å². The van der Waals surface area contributed by atoms with E-state index in [1.807, 2.05) is 19.1 Å². The van der Waals surface area contributed by atoms with Gasteiger partial charge < -0.3 is 13.9 Å². The average Bonchev–Trinajstić information content (AvgIpc) is 3.27. The summed E-state index contributed by atoms with van der Waals surface area (Å²) in [6, 6.07) is 8.19. The molecule has 5 heteroatoms. The third-order valence-corrected chi connectivity index (χ3v) is 10.8. The number of allylic oxidation sites excluding steroid dienone is 1. The summed E-state index contributed by atoms with van der Waals surface area (Å²) in [5, 5.41) is 0.179. The lowest BCUT2D eigenvalue weighted by Crippen LogP contribution is -2.43. The van der Waals surface area contributed by atoms with Gasteiger partial charge in [-0.3, -0.25) is 4.79 Å². The molecule has 1 heterocycles. The van der Waals surface area contributed by atoms with Crippen LogP contribution in [0.2, 0.25) is 18.1 Å². The van der Waals surface area contributed by atoms with Gasteiger partial charge in [0, 0.05) is 6.42 Å². The molecule has 0 amide bonds. The lowest BCUT2D eigenvalue weighted by molar-refractivity contribution is -0.144. The molecule has 0 unspecified atom stereocenters. The van der Waals surface area contributed by atoms with E-state index in [-0.39, 0.29) is 17.1 Å². The van der Waals surface area contributed by atoms with Gasteiger partial charge in [-0.1, -0.05) is 39.0 Å². The molecule has 2 fully saturated rings. The first kappa shape index (κ1) is 21.1. The van der Waals surface area contributed by atoms with Crippen LogP contribution in [0.3, 0.4) is 0 Å². The predicted molar refractivity (Wildman–Crippen MR) is 114 cm³/mol. The molecule has 0 bridgehead atoms. The number of esters is 1. The Morgan fingerprint density at radius 1 is 1.25 bits per heavy atom. The summed E-state index contributed by atoms with van der Waals surface area (Å²) >= 11 is 0. The van der Waals surface area contributed by atoms with Crippen LogP contribution in [0, 0.1) is 5.92 Å². The largest absolute Gasteiger partial charge is 0.544 e. The van der Waals surface area contributed by atoms with Crippen LogP contribution < -0.4 is 4.43 Å². The van der Waals surface area contributed by atoms with Crippen LogP contribution in [0.25, 0.3) is 0 Å². The highest BCUT2D eigenvalue weighted by molar-refractivity contribution is 6.74. The van der Waals surface area contributed by atoms with E-state index in [1.165, 1.54) is 5.57 Å². The van der Waals surface area contributed by atoms with E-state index in [9.17, 15) is 4.79 Å². The number of epoxide rings is 1. The second kappa shape index (κ2) is 8.03. The second-order valence-corrected chi connectivity index (χ2v) is 14.2. The van der Waals surface area contributed by atoms with Crippen molar-refractivity contribution < 1.29 is 18.7 Å². The highest BCUT2D eigenvalue weighted by atomic mass is 28.4. The van der Waals surface area contributed by atoms with Crippen molar-refractivity contribution in [2.45, 2.75) is 77.3 Å². The summed E-state index contributed by atoms with van der Waals surface area (Å²) in [6.45, 7) is 13.7. The quantitative estimate of drug-likeness (QED) is 0.269. The lowest BCUT2D eigenvalue weighted by Gasteiger charge is -2.36. The number of hydrogen-bond acceptors (Lipinski definition) is 4. The van der Waals surface area contributed by atoms with Crippen molar-refractivity contribution in [2.75, 3.05) is 6.61 Å². The Morgan fingerprint density at radius 2 is 1.93 bits per heavy atom. The molecule has 0 spiro atoms. The molecule has 3 atom stereocenters. The molecule has 4 nitrogen and oxygen atoms in total. The van der Waals surface area contributed by atoms with Crippen molar-refractivity contribution in [3.05, 3.63) is 41.5 Å². The van der Waals surface area contributed by atoms with E-state index in [2.05, 4.69) is 52.1 Å². The summed E-state index contributed by atoms with van der Waals surface area (Å²) in [5.74, 6) is 1.12. The minimum absolute atomic E-state index is 0.108. The Balaban J connectivity index is 1.42. The fourth-order valence-electron chi connectivity index (χ4n) is 3.58. The van der Waals surface area contributed by atoms with Gasteiger partial charge in [0.25, 0.3) is 0 Å². The molecule has 0 N–H and O–H groups in total. The number of benzene rings is 1. The van der Waals surface area contributed by atoms with Crippen molar-refractivity contribution in [3.63, 3.8) is 0 Å². The van der Waals surface area contributed by atoms with E-state index in [0.29, 0.717) is 25.0 Å². The van der Waals surface area contributed by atoms with Gasteiger partial charge in [0.1, 0.15) is 11.9 Å². The summed E-state index contributed by atoms with van der Waals surface area (Å²) in [4.78, 5) is 12.2. The number of rotatable bonds is 7. The molecule has 0 aromatic heterocycles. The third-order valence-electron chi connectivity index (χ3n) is 6.40. The van der Waals surface area contributed by atoms with Gasteiger partial charge in [-0.25, -0.2) is 0 Å². The van der Waals surface area contributed by atoms with E-state index >= 15 is 0 Å². The monoisotopic (exact) mass is 402 g/mol. The molecule has 1 aliphatic carbocycles. The molecular formula is C23H34O4Si. The zero-order valence-corrected chi connectivity index (χ0v) is 19.1. The Kier molecular flexibility index (Phi) is 6.06. The van der Waals surface area contributed by atoms with Gasteiger partial charge in [0.05, 0.1) is 19.1 Å². The maximum Gasteiger partial charge on any atom is 0.306 e. The standard InChI is InChI=1S/C23H34O4Si/c1-7-19-17(14-20-22(19)26-20)15-21(24)25-13-12-16-8-10-18(11-9-16)27-28(5,6)23(2,3)4/h7-11,17,20,22H,12-15H2,1-6H3/b19-7-/t17-,20+,22-/m0/s1. The minimum atomic E-state index is -1.82. The van der Waals surface area contributed by atoms with Crippen molar-refractivity contribution in [3.8, 4) is 5.75 Å². The van der Waals surface area contributed by atoms with Crippen LogP contribution in [0.5, 0.6) is 5.75 Å². The Labute approximate surface area is 170 Å². The SMILES string of the molecule is C/C=C1/[C@H](CC(=O)OCCc2ccc(O[Si](C)(C)C(C)(C)C)cc2)C[C@H]2O[C@@H]12. The molecule has 1 saturated heterocycles. The Morgan fingerprint density at radius 3 is 2.54 bits per heavy atom. The van der Waals surface area contributed by atoms with Gasteiger partial charge in [-0.2, -0.15) is 0 Å². The molecule has 3 rings (SSSR count). The normalized spacial score (nSPS) is 25.5. The number of carbonyl (C=O) groups excluding carboxylic acids is 1. The summed E-state index contributed by atoms with van der Waals surface area (Å²) in [5.41, 5.74) is 2.43. The zero-order valence-electron chi connectivity index (χ0n) is 18.1. The number of hydrogen-bond donors (Lipinski definition) is 0. The molecule has 28 heavy (non-hydrogen) atoms. The first-order chi connectivity index (χ1) is 13.1. The van der Waals surface area contributed by atoms with Crippen LogP contribution in [-0.4, -0.2) is 33.1 Å². The van der Waals surface area contributed by atoms with Crippen LogP contribution in [0.1, 0.15) is 46.1 Å². The Hall–Kier alpha value is -1.59. The fourth-order valence-corrected chi connectivity index (χ4v) is 4.61. The maximum absolute atomic E-state index is 12.2. The fraction of sp³-hybridized carbons (Fsp3) is 0.609. The number of fused-ring (bicyclic) bond motifs is 1. The summed E-state index contributed by atoms with van der Waals surface area (Å²) in [7, 11) is -1.82. The van der Waals surface area contributed by atoms with Gasteiger partial charge in [-0.15, -0.1) is 0 Å². The topological polar surface area (TPSA) is 48.1 Å². The average molecular weight is 403 g/mol. The van der Waals surface area contributed by atoms with Crippen molar-refractivity contribution in [1.29, 1.82) is 0 Å². The van der Waals surface area contributed by atoms with Crippen molar-refractivity contribution >= 4 is 14.3 Å². The van der Waals surface area contributed by atoms with Crippen LogP contribution in [0.4, 0.5) is 0 Å².